The van der Waals surface area contributed by atoms with E-state index in [4.69, 9.17) is 9.47 Å². The van der Waals surface area contributed by atoms with E-state index in [1.165, 1.54) is 34.8 Å². The van der Waals surface area contributed by atoms with Gasteiger partial charge in [-0.15, -0.1) is 0 Å². The Labute approximate surface area is 165 Å². The summed E-state index contributed by atoms with van der Waals surface area (Å²) in [6.07, 6.45) is 4.72. The molecule has 1 aliphatic carbocycles. The molecule has 0 fully saturated rings. The number of rotatable bonds is 8. The Balaban J connectivity index is 2.16. The zero-order chi connectivity index (χ0) is 17.9. The van der Waals surface area contributed by atoms with Crippen molar-refractivity contribution >= 4 is 31.9 Å². The maximum absolute atomic E-state index is 5.50. The summed E-state index contributed by atoms with van der Waals surface area (Å²) >= 11 is 7.27. The van der Waals surface area contributed by atoms with Crippen LogP contribution in [0.4, 0.5) is 0 Å². The molecular formula is C21H20Br2O2. The van der Waals surface area contributed by atoms with E-state index < -0.39 is 0 Å². The van der Waals surface area contributed by atoms with Gasteiger partial charge in [-0.3, -0.25) is 0 Å². The van der Waals surface area contributed by atoms with E-state index in [1.54, 1.807) is 0 Å². The fourth-order valence-electron chi connectivity index (χ4n) is 3.74. The Morgan fingerprint density at radius 1 is 0.800 bits per heavy atom. The summed E-state index contributed by atoms with van der Waals surface area (Å²) in [5.74, 6) is 0. The van der Waals surface area contributed by atoms with Crippen molar-refractivity contribution in [2.75, 3.05) is 13.2 Å². The summed E-state index contributed by atoms with van der Waals surface area (Å²) in [5.41, 5.74) is 5.03. The van der Waals surface area contributed by atoms with Crippen molar-refractivity contribution < 1.29 is 9.47 Å². The molecule has 0 spiro atoms. The van der Waals surface area contributed by atoms with Gasteiger partial charge in [0.25, 0.3) is 0 Å². The third kappa shape index (κ3) is 3.42. The number of benzene rings is 2. The van der Waals surface area contributed by atoms with Gasteiger partial charge in [-0.25, -0.2) is 0 Å². The molecule has 1 aliphatic rings. The Bertz CT molecular complexity index is 731. The van der Waals surface area contributed by atoms with E-state index in [0.717, 1.165) is 21.8 Å². The van der Waals surface area contributed by atoms with Crippen molar-refractivity contribution in [1.82, 2.24) is 0 Å². The van der Waals surface area contributed by atoms with Gasteiger partial charge in [0.1, 0.15) is 0 Å². The van der Waals surface area contributed by atoms with Gasteiger partial charge in [-0.2, -0.15) is 0 Å². The van der Waals surface area contributed by atoms with E-state index in [-0.39, 0.29) is 5.41 Å². The van der Waals surface area contributed by atoms with Crippen LogP contribution >= 0.6 is 31.9 Å². The van der Waals surface area contributed by atoms with E-state index in [9.17, 15) is 0 Å². The molecule has 0 atom stereocenters. The molecule has 25 heavy (non-hydrogen) atoms. The largest absolute Gasteiger partial charge is 0.502 e. The molecule has 2 aromatic rings. The summed E-state index contributed by atoms with van der Waals surface area (Å²) in [4.78, 5) is 0. The number of ether oxygens (including phenoxy) is 2. The molecule has 4 heteroatoms. The van der Waals surface area contributed by atoms with Gasteiger partial charge in [0, 0.05) is 14.4 Å². The molecule has 2 nitrogen and oxygen atoms in total. The number of halogens is 2. The number of hydrogen-bond acceptors (Lipinski definition) is 2. The number of hydrogen-bond donors (Lipinski definition) is 0. The lowest BCUT2D eigenvalue weighted by Gasteiger charge is -2.32. The van der Waals surface area contributed by atoms with Crippen molar-refractivity contribution in [2.45, 2.75) is 18.3 Å². The molecule has 0 saturated carbocycles. The van der Waals surface area contributed by atoms with Crippen molar-refractivity contribution in [3.05, 3.63) is 82.2 Å². The quantitative estimate of drug-likeness (QED) is 0.325. The molecular weight excluding hydrogens is 444 g/mol. The first kappa shape index (κ1) is 18.3. The first-order valence-electron chi connectivity index (χ1n) is 8.18. The first-order valence-corrected chi connectivity index (χ1v) is 9.76. The normalized spacial score (nSPS) is 13.7. The van der Waals surface area contributed by atoms with E-state index in [0.29, 0.717) is 13.2 Å². The summed E-state index contributed by atoms with van der Waals surface area (Å²) in [6, 6.07) is 13.0. The van der Waals surface area contributed by atoms with E-state index in [2.05, 4.69) is 81.4 Å². The molecule has 3 rings (SSSR count). The lowest BCUT2D eigenvalue weighted by Crippen LogP contribution is -2.28. The Morgan fingerprint density at radius 3 is 1.64 bits per heavy atom. The zero-order valence-corrected chi connectivity index (χ0v) is 17.1. The highest BCUT2D eigenvalue weighted by Crippen LogP contribution is 2.53. The van der Waals surface area contributed by atoms with Gasteiger partial charge in [0.15, 0.2) is 0 Å². The Morgan fingerprint density at radius 2 is 1.24 bits per heavy atom. The third-order valence-electron chi connectivity index (χ3n) is 4.81. The molecule has 0 unspecified atom stereocenters. The summed E-state index contributed by atoms with van der Waals surface area (Å²) in [5, 5.41) is 0. The van der Waals surface area contributed by atoms with Crippen molar-refractivity contribution in [3.8, 4) is 11.1 Å². The van der Waals surface area contributed by atoms with Gasteiger partial charge >= 0.3 is 0 Å². The lowest BCUT2D eigenvalue weighted by atomic mass is 9.73. The Hall–Kier alpha value is -1.52. The topological polar surface area (TPSA) is 18.5 Å². The average molecular weight is 464 g/mol. The van der Waals surface area contributed by atoms with E-state index >= 15 is 0 Å². The Kier molecular flexibility index (Phi) is 5.70. The van der Waals surface area contributed by atoms with Crippen LogP contribution in [0.3, 0.4) is 0 Å². The summed E-state index contributed by atoms with van der Waals surface area (Å²) in [6.45, 7) is 8.54. The van der Waals surface area contributed by atoms with Gasteiger partial charge in [0.2, 0.25) is 0 Å². The second kappa shape index (κ2) is 7.79. The predicted octanol–water partition coefficient (Wildman–Crippen LogP) is 6.58. The molecule has 0 amide bonds. The van der Waals surface area contributed by atoms with Crippen molar-refractivity contribution in [3.63, 3.8) is 0 Å². The third-order valence-corrected chi connectivity index (χ3v) is 5.80. The van der Waals surface area contributed by atoms with Gasteiger partial charge < -0.3 is 9.47 Å². The molecule has 0 saturated heterocycles. The molecule has 0 N–H and O–H groups in total. The van der Waals surface area contributed by atoms with Crippen molar-refractivity contribution in [2.24, 2.45) is 0 Å². The first-order chi connectivity index (χ1) is 12.1. The smallest absolute Gasteiger partial charge is 0.0884 e. The zero-order valence-electron chi connectivity index (χ0n) is 13.9. The fraction of sp³-hybridized carbons (Fsp3) is 0.238. The van der Waals surface area contributed by atoms with Crippen LogP contribution in [0, 0.1) is 0 Å². The van der Waals surface area contributed by atoms with Crippen LogP contribution in [0.15, 0.2) is 71.0 Å². The van der Waals surface area contributed by atoms with Gasteiger partial charge in [0.05, 0.1) is 25.7 Å². The van der Waals surface area contributed by atoms with Crippen LogP contribution in [0.5, 0.6) is 0 Å². The van der Waals surface area contributed by atoms with Crippen LogP contribution in [-0.4, -0.2) is 13.2 Å². The second-order valence-electron chi connectivity index (χ2n) is 6.04. The fourth-order valence-corrected chi connectivity index (χ4v) is 4.46. The monoisotopic (exact) mass is 462 g/mol. The van der Waals surface area contributed by atoms with Crippen LogP contribution in [0.25, 0.3) is 11.1 Å². The number of fused-ring (bicyclic) bond motifs is 3. The average Bonchev–Trinajstić information content (AvgIpc) is 2.85. The maximum Gasteiger partial charge on any atom is 0.0884 e. The summed E-state index contributed by atoms with van der Waals surface area (Å²) in [7, 11) is 0. The van der Waals surface area contributed by atoms with Crippen LogP contribution < -0.4 is 0 Å². The highest BCUT2D eigenvalue weighted by atomic mass is 79.9. The highest BCUT2D eigenvalue weighted by molar-refractivity contribution is 9.10. The second-order valence-corrected chi connectivity index (χ2v) is 7.87. The standard InChI is InChI=1S/C21H20Br2O2/c1-3-24-11-9-21(10-12-25-4-2)19-13-15(22)5-7-17(19)18-8-6-16(23)14-20(18)21/h3-8,13-14H,1-2,9-12H2. The van der Waals surface area contributed by atoms with Gasteiger partial charge in [-0.1, -0.05) is 57.2 Å². The minimum Gasteiger partial charge on any atom is -0.502 e. The van der Waals surface area contributed by atoms with Crippen molar-refractivity contribution in [1.29, 1.82) is 0 Å². The SMILES string of the molecule is C=COCCC1(CCOC=C)c2cc(Br)ccc2-c2ccc(Br)cc21. The highest BCUT2D eigenvalue weighted by Gasteiger charge is 2.43. The minimum atomic E-state index is -0.162. The minimum absolute atomic E-state index is 0.162. The van der Waals surface area contributed by atoms with Gasteiger partial charge in [-0.05, 0) is 59.4 Å². The molecule has 2 aromatic carbocycles. The lowest BCUT2D eigenvalue weighted by molar-refractivity contribution is 0.184. The molecule has 0 bridgehead atoms. The van der Waals surface area contributed by atoms with Crippen LogP contribution in [0.1, 0.15) is 24.0 Å². The van der Waals surface area contributed by atoms with Crippen LogP contribution in [0.2, 0.25) is 0 Å². The predicted molar refractivity (Wildman–Crippen MR) is 110 cm³/mol. The molecule has 0 aliphatic heterocycles. The molecule has 0 radical (unpaired) electrons. The van der Waals surface area contributed by atoms with Crippen LogP contribution in [-0.2, 0) is 14.9 Å². The molecule has 0 heterocycles. The molecule has 130 valence electrons. The molecule has 0 aromatic heterocycles. The van der Waals surface area contributed by atoms with E-state index in [1.807, 2.05) is 0 Å². The maximum atomic E-state index is 5.50. The summed E-state index contributed by atoms with van der Waals surface area (Å²) < 4.78 is 13.2.